The molecule has 0 radical (unpaired) electrons. The highest BCUT2D eigenvalue weighted by Crippen LogP contribution is 2.34. The minimum Gasteiger partial charge on any atom is -0.347 e. The lowest BCUT2D eigenvalue weighted by atomic mass is 10.1. The van der Waals surface area contributed by atoms with Crippen molar-refractivity contribution < 1.29 is 4.79 Å². The lowest BCUT2D eigenvalue weighted by Crippen LogP contribution is -2.33. The Labute approximate surface area is 134 Å². The molecule has 1 aliphatic rings. The molecular weight excluding hydrogens is 305 g/mol. The molecule has 108 valence electrons. The van der Waals surface area contributed by atoms with Crippen LogP contribution in [0.5, 0.6) is 0 Å². The van der Waals surface area contributed by atoms with E-state index in [9.17, 15) is 4.79 Å². The Kier molecular flexibility index (Phi) is 4.18. The van der Waals surface area contributed by atoms with Gasteiger partial charge in [0.25, 0.3) is 0 Å². The van der Waals surface area contributed by atoms with Crippen LogP contribution in [0.25, 0.3) is 0 Å². The highest BCUT2D eigenvalue weighted by atomic mass is 35.5. The molecule has 1 aliphatic carbocycles. The van der Waals surface area contributed by atoms with Gasteiger partial charge in [-0.25, -0.2) is 0 Å². The van der Waals surface area contributed by atoms with Crippen LogP contribution in [0.2, 0.25) is 5.02 Å². The minimum atomic E-state index is -0.127. The number of alkyl halides is 1. The average Bonchev–Trinajstić information content (AvgIpc) is 2.78. The maximum atomic E-state index is 12.2. The van der Waals surface area contributed by atoms with Crippen LogP contribution in [-0.4, -0.2) is 11.3 Å². The number of benzene rings is 2. The molecule has 0 aliphatic heterocycles. The molecule has 1 amide bonds. The van der Waals surface area contributed by atoms with Crippen molar-refractivity contribution in [1.82, 2.24) is 5.32 Å². The van der Waals surface area contributed by atoms with E-state index in [0.717, 1.165) is 17.5 Å². The molecule has 0 fully saturated rings. The molecule has 2 aromatic rings. The van der Waals surface area contributed by atoms with Gasteiger partial charge in [0.1, 0.15) is 0 Å². The molecule has 0 heterocycles. The third kappa shape index (κ3) is 3.07. The van der Waals surface area contributed by atoms with Gasteiger partial charge in [-0.2, -0.15) is 0 Å². The first-order valence-electron chi connectivity index (χ1n) is 6.90. The second-order valence-electron chi connectivity index (χ2n) is 5.23. The molecule has 0 saturated carbocycles. The Morgan fingerprint density at radius 3 is 2.67 bits per heavy atom. The highest BCUT2D eigenvalue weighted by molar-refractivity contribution is 6.31. The van der Waals surface area contributed by atoms with Gasteiger partial charge in [-0.3, -0.25) is 4.79 Å². The average molecular weight is 320 g/mol. The number of amides is 1. The second kappa shape index (κ2) is 6.08. The lowest BCUT2D eigenvalue weighted by Gasteiger charge is -2.17. The summed E-state index contributed by atoms with van der Waals surface area (Å²) in [5, 5.41) is 3.54. The topological polar surface area (TPSA) is 29.1 Å². The van der Waals surface area contributed by atoms with Crippen LogP contribution >= 0.6 is 23.2 Å². The van der Waals surface area contributed by atoms with Gasteiger partial charge in [0.2, 0.25) is 5.91 Å². The van der Waals surface area contributed by atoms with Crippen molar-refractivity contribution in [3.05, 3.63) is 70.2 Å². The predicted molar refractivity (Wildman–Crippen MR) is 85.8 cm³/mol. The quantitative estimate of drug-likeness (QED) is 0.854. The summed E-state index contributed by atoms with van der Waals surface area (Å²) in [7, 11) is 0. The molecule has 0 bridgehead atoms. The van der Waals surface area contributed by atoms with Crippen molar-refractivity contribution in [2.75, 3.05) is 0 Å². The molecule has 4 heteroatoms. The van der Waals surface area contributed by atoms with Gasteiger partial charge in [-0.05, 0) is 29.2 Å². The fourth-order valence-electron chi connectivity index (χ4n) is 2.75. The summed E-state index contributed by atoms with van der Waals surface area (Å²) >= 11 is 12.5. The first kappa shape index (κ1) is 14.4. The van der Waals surface area contributed by atoms with E-state index in [-0.39, 0.29) is 23.7 Å². The molecule has 0 spiro atoms. The summed E-state index contributed by atoms with van der Waals surface area (Å²) in [6.45, 7) is 0. The van der Waals surface area contributed by atoms with E-state index in [2.05, 4.69) is 11.4 Å². The van der Waals surface area contributed by atoms with Crippen molar-refractivity contribution in [3.63, 3.8) is 0 Å². The van der Waals surface area contributed by atoms with Crippen LogP contribution in [0.1, 0.15) is 22.7 Å². The minimum absolute atomic E-state index is 0.0598. The SMILES string of the molecule is O=C(Cc1ccccc1Cl)NC1c2ccccc2CC1Cl. The van der Waals surface area contributed by atoms with Crippen molar-refractivity contribution in [3.8, 4) is 0 Å². The van der Waals surface area contributed by atoms with E-state index in [1.165, 1.54) is 5.56 Å². The standard InChI is InChI=1S/C17H15Cl2NO/c18-14-8-4-2-6-12(14)10-16(21)20-17-13-7-3-1-5-11(13)9-15(17)19/h1-8,15,17H,9-10H2,(H,20,21). The maximum absolute atomic E-state index is 12.2. The first-order chi connectivity index (χ1) is 10.1. The normalized spacial score (nSPS) is 20.1. The van der Waals surface area contributed by atoms with Gasteiger partial charge in [-0.1, -0.05) is 54.1 Å². The number of halogens is 2. The lowest BCUT2D eigenvalue weighted by molar-refractivity contribution is -0.121. The van der Waals surface area contributed by atoms with Crippen molar-refractivity contribution >= 4 is 29.1 Å². The number of nitrogens with one attached hydrogen (secondary N) is 1. The molecule has 0 saturated heterocycles. The van der Waals surface area contributed by atoms with Crippen LogP contribution < -0.4 is 5.32 Å². The van der Waals surface area contributed by atoms with E-state index in [0.29, 0.717) is 5.02 Å². The number of rotatable bonds is 3. The third-order valence-electron chi connectivity index (χ3n) is 3.79. The monoisotopic (exact) mass is 319 g/mol. The number of carbonyl (C=O) groups is 1. The molecule has 2 aromatic carbocycles. The van der Waals surface area contributed by atoms with Crippen LogP contribution in [0.15, 0.2) is 48.5 Å². The first-order valence-corrected chi connectivity index (χ1v) is 7.71. The molecule has 3 rings (SSSR count). The maximum Gasteiger partial charge on any atom is 0.225 e. The Morgan fingerprint density at radius 1 is 1.14 bits per heavy atom. The Balaban J connectivity index is 1.72. The molecule has 1 N–H and O–H groups in total. The van der Waals surface area contributed by atoms with Crippen LogP contribution in [-0.2, 0) is 17.6 Å². The van der Waals surface area contributed by atoms with E-state index in [1.54, 1.807) is 6.07 Å². The summed E-state index contributed by atoms with van der Waals surface area (Å²) < 4.78 is 0. The molecule has 2 unspecified atom stereocenters. The molecule has 21 heavy (non-hydrogen) atoms. The molecular formula is C17H15Cl2NO. The van der Waals surface area contributed by atoms with Gasteiger partial charge in [0.15, 0.2) is 0 Å². The zero-order chi connectivity index (χ0) is 14.8. The summed E-state index contributed by atoms with van der Waals surface area (Å²) in [5.41, 5.74) is 3.15. The third-order valence-corrected chi connectivity index (χ3v) is 4.57. The summed E-state index contributed by atoms with van der Waals surface area (Å²) in [6, 6.07) is 15.3. The van der Waals surface area contributed by atoms with E-state index in [4.69, 9.17) is 23.2 Å². The molecule has 0 aromatic heterocycles. The Morgan fingerprint density at radius 2 is 1.86 bits per heavy atom. The van der Waals surface area contributed by atoms with E-state index >= 15 is 0 Å². The van der Waals surface area contributed by atoms with E-state index < -0.39 is 0 Å². The number of fused-ring (bicyclic) bond motifs is 1. The fraction of sp³-hybridized carbons (Fsp3) is 0.235. The highest BCUT2D eigenvalue weighted by Gasteiger charge is 2.31. The zero-order valence-electron chi connectivity index (χ0n) is 11.4. The van der Waals surface area contributed by atoms with Gasteiger partial charge >= 0.3 is 0 Å². The molecule has 2 nitrogen and oxygen atoms in total. The van der Waals surface area contributed by atoms with Crippen LogP contribution in [0, 0.1) is 0 Å². The van der Waals surface area contributed by atoms with Crippen LogP contribution in [0.3, 0.4) is 0 Å². The Bertz CT molecular complexity index is 671. The summed E-state index contributed by atoms with van der Waals surface area (Å²) in [6.07, 6.45) is 1.05. The van der Waals surface area contributed by atoms with Gasteiger partial charge in [0, 0.05) is 5.02 Å². The van der Waals surface area contributed by atoms with Crippen molar-refractivity contribution in [1.29, 1.82) is 0 Å². The van der Waals surface area contributed by atoms with Gasteiger partial charge in [-0.15, -0.1) is 11.6 Å². The smallest absolute Gasteiger partial charge is 0.225 e. The van der Waals surface area contributed by atoms with Crippen molar-refractivity contribution in [2.24, 2.45) is 0 Å². The van der Waals surface area contributed by atoms with Gasteiger partial charge < -0.3 is 5.32 Å². The second-order valence-corrected chi connectivity index (χ2v) is 6.20. The van der Waals surface area contributed by atoms with E-state index in [1.807, 2.05) is 36.4 Å². The van der Waals surface area contributed by atoms with Crippen molar-refractivity contribution in [2.45, 2.75) is 24.3 Å². The summed E-state index contributed by atoms with van der Waals surface area (Å²) in [5.74, 6) is -0.0598. The van der Waals surface area contributed by atoms with Gasteiger partial charge in [0.05, 0.1) is 17.8 Å². The predicted octanol–water partition coefficient (Wildman–Crippen LogP) is 3.90. The zero-order valence-corrected chi connectivity index (χ0v) is 12.9. The number of hydrogen-bond acceptors (Lipinski definition) is 1. The van der Waals surface area contributed by atoms with Crippen LogP contribution in [0.4, 0.5) is 0 Å². The molecule has 2 atom stereocenters. The largest absolute Gasteiger partial charge is 0.347 e. The fourth-order valence-corrected chi connectivity index (χ4v) is 3.32. The number of hydrogen-bond donors (Lipinski definition) is 1. The number of carbonyl (C=O) groups excluding carboxylic acids is 1. The summed E-state index contributed by atoms with van der Waals surface area (Å²) in [4.78, 5) is 12.2. The Hall–Kier alpha value is -1.51.